The molecule has 0 saturated heterocycles. The van der Waals surface area contributed by atoms with Crippen LogP contribution in [0.5, 0.6) is 5.75 Å². The van der Waals surface area contributed by atoms with Gasteiger partial charge in [-0.2, -0.15) is 0 Å². The molecule has 0 saturated carbocycles. The number of nitrogen functional groups attached to an aromatic ring is 1. The Kier molecular flexibility index (Phi) is 5.37. The fourth-order valence-electron chi connectivity index (χ4n) is 1.80. The third-order valence-electron chi connectivity index (χ3n) is 2.81. The third-order valence-corrected chi connectivity index (χ3v) is 2.81. The van der Waals surface area contributed by atoms with Gasteiger partial charge in [-0.05, 0) is 24.5 Å². The molecule has 6 nitrogen and oxygen atoms in total. The molecule has 0 fully saturated rings. The van der Waals surface area contributed by atoms with E-state index < -0.39 is 17.9 Å². The van der Waals surface area contributed by atoms with Gasteiger partial charge in [-0.1, -0.05) is 13.8 Å². The van der Waals surface area contributed by atoms with E-state index in [2.05, 4.69) is 5.32 Å². The first-order chi connectivity index (χ1) is 9.35. The summed E-state index contributed by atoms with van der Waals surface area (Å²) in [6, 6.07) is 3.71. The maximum atomic E-state index is 12.1. The highest BCUT2D eigenvalue weighted by atomic mass is 16.5. The van der Waals surface area contributed by atoms with Crippen LogP contribution >= 0.6 is 0 Å². The van der Waals surface area contributed by atoms with Crippen LogP contribution in [0.3, 0.4) is 0 Å². The van der Waals surface area contributed by atoms with Crippen molar-refractivity contribution >= 4 is 17.6 Å². The van der Waals surface area contributed by atoms with Gasteiger partial charge >= 0.3 is 5.97 Å². The average Bonchev–Trinajstić information content (AvgIpc) is 2.36. The van der Waals surface area contributed by atoms with Crippen LogP contribution in [0.2, 0.25) is 0 Å². The van der Waals surface area contributed by atoms with Crippen LogP contribution in [-0.4, -0.2) is 30.1 Å². The molecule has 0 aliphatic carbocycles. The molecule has 0 bridgehead atoms. The lowest BCUT2D eigenvalue weighted by atomic mass is 10.0. The SMILES string of the molecule is COc1ccc(C(=O)N[C@@H](CC(C)C)C(=O)O)c(N)c1. The van der Waals surface area contributed by atoms with Gasteiger partial charge in [0.1, 0.15) is 11.8 Å². The monoisotopic (exact) mass is 280 g/mol. The van der Waals surface area contributed by atoms with E-state index in [1.165, 1.54) is 19.2 Å². The largest absolute Gasteiger partial charge is 0.497 e. The molecular formula is C14H20N2O4. The first kappa shape index (κ1) is 15.8. The Balaban J connectivity index is 2.86. The Morgan fingerprint density at radius 2 is 2.05 bits per heavy atom. The molecule has 0 unspecified atom stereocenters. The van der Waals surface area contributed by atoms with Crippen LogP contribution < -0.4 is 15.8 Å². The zero-order valence-electron chi connectivity index (χ0n) is 11.8. The third kappa shape index (κ3) is 4.15. The normalized spacial score (nSPS) is 12.0. The van der Waals surface area contributed by atoms with Gasteiger partial charge in [0.2, 0.25) is 0 Å². The van der Waals surface area contributed by atoms with Gasteiger partial charge in [-0.25, -0.2) is 4.79 Å². The molecule has 0 heterocycles. The topological polar surface area (TPSA) is 102 Å². The lowest BCUT2D eigenvalue weighted by Gasteiger charge is -2.17. The number of carbonyl (C=O) groups excluding carboxylic acids is 1. The van der Waals surface area contributed by atoms with Crippen molar-refractivity contribution < 1.29 is 19.4 Å². The molecular weight excluding hydrogens is 260 g/mol. The fraction of sp³-hybridized carbons (Fsp3) is 0.429. The number of hydrogen-bond donors (Lipinski definition) is 3. The van der Waals surface area contributed by atoms with Crippen LogP contribution in [0.15, 0.2) is 18.2 Å². The van der Waals surface area contributed by atoms with Crippen molar-refractivity contribution in [3.63, 3.8) is 0 Å². The quantitative estimate of drug-likeness (QED) is 0.685. The predicted molar refractivity (Wildman–Crippen MR) is 75.8 cm³/mol. The van der Waals surface area contributed by atoms with Gasteiger partial charge in [0, 0.05) is 11.8 Å². The molecule has 0 spiro atoms. The van der Waals surface area contributed by atoms with Crippen molar-refractivity contribution in [2.75, 3.05) is 12.8 Å². The number of nitrogens with two attached hydrogens (primary N) is 1. The number of anilines is 1. The molecule has 1 aromatic carbocycles. The lowest BCUT2D eigenvalue weighted by molar-refractivity contribution is -0.139. The van der Waals surface area contributed by atoms with E-state index in [9.17, 15) is 9.59 Å². The summed E-state index contributed by atoms with van der Waals surface area (Å²) in [4.78, 5) is 23.2. The molecule has 0 aliphatic rings. The smallest absolute Gasteiger partial charge is 0.326 e. The standard InChI is InChI=1S/C14H20N2O4/c1-8(2)6-12(14(18)19)16-13(17)10-5-4-9(20-3)7-11(10)15/h4-5,7-8,12H,6,15H2,1-3H3,(H,16,17)(H,18,19)/t12-/m0/s1. The number of carboxylic acid groups (broad SMARTS) is 1. The molecule has 1 aromatic rings. The van der Waals surface area contributed by atoms with E-state index in [1.54, 1.807) is 6.07 Å². The number of carboxylic acids is 1. The minimum Gasteiger partial charge on any atom is -0.497 e. The van der Waals surface area contributed by atoms with Crippen LogP contribution in [0, 0.1) is 5.92 Å². The number of amides is 1. The van der Waals surface area contributed by atoms with Crippen molar-refractivity contribution in [3.8, 4) is 5.75 Å². The van der Waals surface area contributed by atoms with Crippen molar-refractivity contribution in [1.29, 1.82) is 0 Å². The molecule has 0 aromatic heterocycles. The Morgan fingerprint density at radius 3 is 2.50 bits per heavy atom. The predicted octanol–water partition coefficient (Wildman–Crippen LogP) is 1.51. The highest BCUT2D eigenvalue weighted by molar-refractivity contribution is 6.01. The van der Waals surface area contributed by atoms with E-state index in [1.807, 2.05) is 13.8 Å². The van der Waals surface area contributed by atoms with E-state index in [0.717, 1.165) is 0 Å². The number of benzene rings is 1. The highest BCUT2D eigenvalue weighted by Gasteiger charge is 2.22. The number of methoxy groups -OCH3 is 1. The van der Waals surface area contributed by atoms with Gasteiger partial charge < -0.3 is 20.9 Å². The summed E-state index contributed by atoms with van der Waals surface area (Å²) in [5.74, 6) is -0.863. The number of carbonyl (C=O) groups is 2. The molecule has 1 rings (SSSR count). The van der Waals surface area contributed by atoms with Crippen LogP contribution in [0.4, 0.5) is 5.69 Å². The molecule has 6 heteroatoms. The van der Waals surface area contributed by atoms with Gasteiger partial charge in [0.15, 0.2) is 0 Å². The van der Waals surface area contributed by atoms with E-state index in [-0.39, 0.29) is 17.2 Å². The molecule has 1 amide bonds. The first-order valence-corrected chi connectivity index (χ1v) is 6.32. The molecule has 1 atom stereocenters. The number of rotatable bonds is 6. The summed E-state index contributed by atoms with van der Waals surface area (Å²) in [5, 5.41) is 11.6. The Hall–Kier alpha value is -2.24. The molecule has 20 heavy (non-hydrogen) atoms. The minimum absolute atomic E-state index is 0.157. The zero-order valence-corrected chi connectivity index (χ0v) is 11.8. The molecule has 0 aliphatic heterocycles. The number of aliphatic carboxylic acids is 1. The summed E-state index contributed by atoms with van der Waals surface area (Å²) in [6.45, 7) is 3.79. The van der Waals surface area contributed by atoms with Gasteiger partial charge in [0.05, 0.1) is 12.7 Å². The van der Waals surface area contributed by atoms with Crippen molar-refractivity contribution in [2.24, 2.45) is 5.92 Å². The first-order valence-electron chi connectivity index (χ1n) is 6.32. The lowest BCUT2D eigenvalue weighted by Crippen LogP contribution is -2.41. The summed E-state index contributed by atoms with van der Waals surface area (Å²) in [6.07, 6.45) is 0.358. The Labute approximate surface area is 117 Å². The van der Waals surface area contributed by atoms with E-state index in [0.29, 0.717) is 12.2 Å². The second-order valence-corrected chi connectivity index (χ2v) is 4.95. The van der Waals surface area contributed by atoms with E-state index in [4.69, 9.17) is 15.6 Å². The maximum absolute atomic E-state index is 12.1. The zero-order chi connectivity index (χ0) is 15.3. The Bertz CT molecular complexity index is 500. The molecule has 0 radical (unpaired) electrons. The van der Waals surface area contributed by atoms with Crippen LogP contribution in [0.25, 0.3) is 0 Å². The summed E-state index contributed by atoms with van der Waals surface area (Å²) in [7, 11) is 1.50. The second kappa shape index (κ2) is 6.79. The summed E-state index contributed by atoms with van der Waals surface area (Å²) >= 11 is 0. The Morgan fingerprint density at radius 1 is 1.40 bits per heavy atom. The van der Waals surface area contributed by atoms with Gasteiger partial charge in [-0.3, -0.25) is 4.79 Å². The van der Waals surface area contributed by atoms with Crippen molar-refractivity contribution in [3.05, 3.63) is 23.8 Å². The fourth-order valence-corrected chi connectivity index (χ4v) is 1.80. The number of hydrogen-bond acceptors (Lipinski definition) is 4. The molecule has 110 valence electrons. The second-order valence-electron chi connectivity index (χ2n) is 4.95. The maximum Gasteiger partial charge on any atom is 0.326 e. The van der Waals surface area contributed by atoms with Crippen molar-refractivity contribution in [1.82, 2.24) is 5.32 Å². The average molecular weight is 280 g/mol. The summed E-state index contributed by atoms with van der Waals surface area (Å²) < 4.78 is 5.00. The number of nitrogens with one attached hydrogen (secondary N) is 1. The van der Waals surface area contributed by atoms with Gasteiger partial charge in [0.25, 0.3) is 5.91 Å². The molecule has 4 N–H and O–H groups in total. The van der Waals surface area contributed by atoms with Gasteiger partial charge in [-0.15, -0.1) is 0 Å². The highest BCUT2D eigenvalue weighted by Crippen LogP contribution is 2.19. The minimum atomic E-state index is -1.06. The summed E-state index contributed by atoms with van der Waals surface area (Å²) in [5.41, 5.74) is 6.25. The van der Waals surface area contributed by atoms with Crippen LogP contribution in [-0.2, 0) is 4.79 Å². The number of ether oxygens (including phenoxy) is 1. The van der Waals surface area contributed by atoms with E-state index >= 15 is 0 Å². The van der Waals surface area contributed by atoms with Crippen molar-refractivity contribution in [2.45, 2.75) is 26.3 Å². The van der Waals surface area contributed by atoms with Crippen LogP contribution in [0.1, 0.15) is 30.6 Å².